The van der Waals surface area contributed by atoms with Gasteiger partial charge in [0, 0.05) is 18.6 Å². The van der Waals surface area contributed by atoms with E-state index in [1.807, 2.05) is 39.0 Å². The minimum atomic E-state index is -0.891. The summed E-state index contributed by atoms with van der Waals surface area (Å²) in [5.41, 5.74) is 1.38. The third-order valence-corrected chi connectivity index (χ3v) is 4.66. The van der Waals surface area contributed by atoms with E-state index in [9.17, 15) is 4.79 Å². The van der Waals surface area contributed by atoms with Gasteiger partial charge in [0.2, 0.25) is 9.04 Å². The summed E-state index contributed by atoms with van der Waals surface area (Å²) in [5, 5.41) is 0.692. The molecule has 1 atom stereocenters. The molecule has 0 N–H and O–H groups in total. The number of hydrogen-bond donors (Lipinski definition) is 0. The molecule has 1 unspecified atom stereocenters. The van der Waals surface area contributed by atoms with Crippen molar-refractivity contribution in [3.05, 3.63) is 34.3 Å². The van der Waals surface area contributed by atoms with Gasteiger partial charge in [-0.25, -0.2) is 4.79 Å². The molecule has 4 nitrogen and oxygen atoms in total. The van der Waals surface area contributed by atoms with Crippen LogP contribution < -0.4 is 0 Å². The number of ether oxygens (including phenoxy) is 1. The Kier molecular flexibility index (Phi) is 7.75. The molecule has 1 amide bonds. The number of hydrogen-bond acceptors (Lipinski definition) is 3. The molecule has 0 aliphatic rings. The van der Waals surface area contributed by atoms with E-state index in [2.05, 4.69) is 33.9 Å². The minimum absolute atomic E-state index is 0.0821. The predicted molar refractivity (Wildman–Crippen MR) is 110 cm³/mol. The molecule has 0 aliphatic heterocycles. The fourth-order valence-electron chi connectivity index (χ4n) is 2.51. The molecule has 1 radical (unpaired) electrons. The molecular formula is C20H33ClNO3Si. The second kappa shape index (κ2) is 8.76. The van der Waals surface area contributed by atoms with Crippen molar-refractivity contribution < 1.29 is 14.0 Å². The van der Waals surface area contributed by atoms with Crippen molar-refractivity contribution in [2.75, 3.05) is 7.05 Å². The van der Waals surface area contributed by atoms with Crippen LogP contribution in [0.3, 0.4) is 0 Å². The molecule has 6 heteroatoms. The van der Waals surface area contributed by atoms with Crippen LogP contribution in [0, 0.1) is 5.41 Å². The zero-order chi connectivity index (χ0) is 20.3. The fraction of sp³-hybridized carbons (Fsp3) is 0.650. The highest BCUT2D eigenvalue weighted by atomic mass is 35.5. The van der Waals surface area contributed by atoms with E-state index < -0.39 is 14.6 Å². The van der Waals surface area contributed by atoms with Crippen LogP contribution in [0.5, 0.6) is 0 Å². The molecule has 0 spiro atoms. The highest BCUT2D eigenvalue weighted by molar-refractivity contribution is 6.48. The zero-order valence-corrected chi connectivity index (χ0v) is 19.3. The Balaban J connectivity index is 3.07. The van der Waals surface area contributed by atoms with Gasteiger partial charge in [0.05, 0.1) is 6.10 Å². The Morgan fingerprint density at radius 3 is 2.23 bits per heavy atom. The number of rotatable bonds is 5. The van der Waals surface area contributed by atoms with Crippen LogP contribution in [0.15, 0.2) is 18.2 Å². The van der Waals surface area contributed by atoms with Crippen LogP contribution in [0.25, 0.3) is 0 Å². The number of carbonyl (C=O) groups excluding carboxylic acids is 1. The lowest BCUT2D eigenvalue weighted by atomic mass is 9.84. The van der Waals surface area contributed by atoms with Crippen LogP contribution in [0.2, 0.25) is 18.1 Å². The molecule has 0 saturated heterocycles. The summed E-state index contributed by atoms with van der Waals surface area (Å²) in [6, 6.07) is 5.87. The number of benzene rings is 1. The van der Waals surface area contributed by atoms with E-state index in [-0.39, 0.29) is 17.6 Å². The van der Waals surface area contributed by atoms with Gasteiger partial charge < -0.3 is 14.1 Å². The molecule has 0 saturated carbocycles. The maximum atomic E-state index is 12.2. The van der Waals surface area contributed by atoms with Crippen molar-refractivity contribution in [2.45, 2.75) is 72.9 Å². The van der Waals surface area contributed by atoms with Crippen LogP contribution in [0.1, 0.15) is 58.8 Å². The smallest absolute Gasteiger partial charge is 0.410 e. The Morgan fingerprint density at radius 2 is 1.77 bits per heavy atom. The van der Waals surface area contributed by atoms with Gasteiger partial charge in [0.1, 0.15) is 5.60 Å². The van der Waals surface area contributed by atoms with E-state index in [1.165, 1.54) is 0 Å². The third-order valence-electron chi connectivity index (χ3n) is 3.61. The molecule has 0 bridgehead atoms. The summed E-state index contributed by atoms with van der Waals surface area (Å²) in [5.74, 6) is 0. The molecule has 1 rings (SSSR count). The SMILES string of the molecule is CN(Cc1ccc(Cl)c(C(O[Si](C)C)C(C)(C)C)c1)C(=O)OC(C)(C)C. The van der Waals surface area contributed by atoms with E-state index >= 15 is 0 Å². The van der Waals surface area contributed by atoms with Gasteiger partial charge in [0.25, 0.3) is 0 Å². The van der Waals surface area contributed by atoms with E-state index in [4.69, 9.17) is 20.8 Å². The lowest BCUT2D eigenvalue weighted by Gasteiger charge is -2.33. The first kappa shape index (κ1) is 23.0. The summed E-state index contributed by atoms with van der Waals surface area (Å²) in [6.45, 7) is 16.7. The second-order valence-electron chi connectivity index (χ2n) is 8.96. The average molecular weight is 399 g/mol. The Labute approximate surface area is 165 Å². The zero-order valence-electron chi connectivity index (χ0n) is 17.6. The van der Waals surface area contributed by atoms with Crippen molar-refractivity contribution in [1.82, 2.24) is 4.90 Å². The molecule has 1 aromatic carbocycles. The molecule has 26 heavy (non-hydrogen) atoms. The van der Waals surface area contributed by atoms with E-state index in [1.54, 1.807) is 11.9 Å². The van der Waals surface area contributed by atoms with Crippen LogP contribution in [-0.4, -0.2) is 32.7 Å². The molecule has 147 valence electrons. The van der Waals surface area contributed by atoms with Crippen molar-refractivity contribution in [2.24, 2.45) is 5.41 Å². The third kappa shape index (κ3) is 7.29. The largest absolute Gasteiger partial charge is 0.444 e. The van der Waals surface area contributed by atoms with Gasteiger partial charge in [-0.2, -0.15) is 0 Å². The Hall–Kier alpha value is -1.04. The maximum absolute atomic E-state index is 12.2. The topological polar surface area (TPSA) is 38.8 Å². The van der Waals surface area contributed by atoms with Crippen molar-refractivity contribution in [3.63, 3.8) is 0 Å². The van der Waals surface area contributed by atoms with E-state index in [0.29, 0.717) is 11.6 Å². The van der Waals surface area contributed by atoms with Gasteiger partial charge in [-0.05, 0) is 62.5 Å². The van der Waals surface area contributed by atoms with Crippen LogP contribution in [0.4, 0.5) is 4.79 Å². The standard InChI is InChI=1S/C20H33ClNO3Si/c1-19(2,3)17(25-26(8)9)15-12-14(10-11-16(15)21)13-22(7)18(23)24-20(4,5)6/h10-12,17H,13H2,1-9H3. The molecular weight excluding hydrogens is 366 g/mol. The second-order valence-corrected chi connectivity index (χ2v) is 11.4. The summed E-state index contributed by atoms with van der Waals surface area (Å²) in [4.78, 5) is 13.8. The number of amides is 1. The van der Waals surface area contributed by atoms with E-state index in [0.717, 1.165) is 11.1 Å². The average Bonchev–Trinajstić information content (AvgIpc) is 2.44. The summed E-state index contributed by atoms with van der Waals surface area (Å²) in [6.07, 6.45) is -0.434. The van der Waals surface area contributed by atoms with Crippen molar-refractivity contribution in [1.29, 1.82) is 0 Å². The summed E-state index contributed by atoms with van der Waals surface area (Å²) >= 11 is 6.49. The first-order valence-electron chi connectivity index (χ1n) is 8.90. The first-order valence-corrected chi connectivity index (χ1v) is 11.7. The monoisotopic (exact) mass is 398 g/mol. The van der Waals surface area contributed by atoms with Crippen LogP contribution in [-0.2, 0) is 15.7 Å². The Morgan fingerprint density at radius 1 is 1.19 bits per heavy atom. The molecule has 0 fully saturated rings. The highest BCUT2D eigenvalue weighted by Gasteiger charge is 2.30. The number of halogens is 1. The fourth-order valence-corrected chi connectivity index (χ4v) is 3.68. The maximum Gasteiger partial charge on any atom is 0.410 e. The number of carbonyl (C=O) groups is 1. The normalized spacial score (nSPS) is 13.7. The molecule has 0 heterocycles. The van der Waals surface area contributed by atoms with Gasteiger partial charge >= 0.3 is 6.09 Å². The predicted octanol–water partition coefficient (Wildman–Crippen LogP) is 6.06. The highest BCUT2D eigenvalue weighted by Crippen LogP contribution is 2.40. The lowest BCUT2D eigenvalue weighted by molar-refractivity contribution is 0.0285. The van der Waals surface area contributed by atoms with Crippen LogP contribution >= 0.6 is 11.6 Å². The Bertz CT molecular complexity index is 620. The van der Waals surface area contributed by atoms with Gasteiger partial charge in [-0.1, -0.05) is 38.4 Å². The summed E-state index contributed by atoms with van der Waals surface area (Å²) in [7, 11) is 0.844. The first-order chi connectivity index (χ1) is 11.7. The minimum Gasteiger partial charge on any atom is -0.444 e. The summed E-state index contributed by atoms with van der Waals surface area (Å²) < 4.78 is 11.7. The molecule has 1 aromatic rings. The molecule has 0 aliphatic carbocycles. The quantitative estimate of drug-likeness (QED) is 0.565. The molecule has 0 aromatic heterocycles. The van der Waals surface area contributed by atoms with Gasteiger partial charge in [-0.15, -0.1) is 0 Å². The van der Waals surface area contributed by atoms with Crippen molar-refractivity contribution >= 4 is 26.7 Å². The number of nitrogens with zero attached hydrogens (tertiary/aromatic N) is 1. The van der Waals surface area contributed by atoms with Crippen molar-refractivity contribution in [3.8, 4) is 0 Å². The van der Waals surface area contributed by atoms with Gasteiger partial charge in [-0.3, -0.25) is 0 Å². The van der Waals surface area contributed by atoms with Gasteiger partial charge in [0.15, 0.2) is 0 Å². The lowest BCUT2D eigenvalue weighted by Crippen LogP contribution is -2.33.